The fourth-order valence-corrected chi connectivity index (χ4v) is 1.86. The lowest BCUT2D eigenvalue weighted by molar-refractivity contribution is -0.145. The number of aliphatic carboxylic acids is 1. The Morgan fingerprint density at radius 2 is 1.94 bits per heavy atom. The Labute approximate surface area is 100.0 Å². The second-order valence-electron chi connectivity index (χ2n) is 3.72. The van der Waals surface area contributed by atoms with Crippen molar-refractivity contribution in [3.8, 4) is 5.75 Å². The van der Waals surface area contributed by atoms with E-state index >= 15 is 0 Å². The Morgan fingerprint density at radius 3 is 2.31 bits per heavy atom. The maximum atomic E-state index is 10.9. The topological polar surface area (TPSA) is 46.5 Å². The number of rotatable bonds is 4. The van der Waals surface area contributed by atoms with E-state index in [0.29, 0.717) is 17.2 Å². The van der Waals surface area contributed by atoms with E-state index in [1.54, 1.807) is 19.1 Å². The Morgan fingerprint density at radius 1 is 1.44 bits per heavy atom. The number of carbonyl (C=O) groups is 1. The van der Waals surface area contributed by atoms with E-state index in [1.807, 2.05) is 13.8 Å². The van der Waals surface area contributed by atoms with E-state index in [1.165, 1.54) is 0 Å². The van der Waals surface area contributed by atoms with Crippen LogP contribution in [0, 0.1) is 13.8 Å². The summed E-state index contributed by atoms with van der Waals surface area (Å²) in [7, 11) is 0. The van der Waals surface area contributed by atoms with Crippen LogP contribution >= 0.6 is 11.6 Å². The third-order valence-corrected chi connectivity index (χ3v) is 2.55. The van der Waals surface area contributed by atoms with Crippen LogP contribution in [0.5, 0.6) is 5.75 Å². The highest BCUT2D eigenvalue weighted by Gasteiger charge is 2.18. The van der Waals surface area contributed by atoms with Gasteiger partial charge in [-0.2, -0.15) is 0 Å². The standard InChI is InChI=1S/C12H15ClO3/c1-4-10(12(14)15)16-11-7(2)5-9(13)6-8(11)3/h5-6,10H,4H2,1-3H3,(H,14,15)/t10-/m1/s1. The molecule has 0 amide bonds. The summed E-state index contributed by atoms with van der Waals surface area (Å²) in [5, 5.41) is 9.55. The zero-order chi connectivity index (χ0) is 12.3. The number of hydrogen-bond acceptors (Lipinski definition) is 2. The molecule has 1 N–H and O–H groups in total. The molecule has 0 aliphatic carbocycles. The van der Waals surface area contributed by atoms with Crippen molar-refractivity contribution < 1.29 is 14.6 Å². The Balaban J connectivity index is 3.01. The molecular formula is C12H15ClO3. The summed E-state index contributed by atoms with van der Waals surface area (Å²) in [6.45, 7) is 5.48. The van der Waals surface area contributed by atoms with Crippen LogP contribution in [-0.2, 0) is 4.79 Å². The number of halogens is 1. The average Bonchev–Trinajstić information content (AvgIpc) is 2.15. The van der Waals surface area contributed by atoms with Gasteiger partial charge in [-0.1, -0.05) is 18.5 Å². The molecule has 0 saturated heterocycles. The minimum Gasteiger partial charge on any atom is -0.479 e. The fourth-order valence-electron chi connectivity index (χ4n) is 1.53. The molecule has 1 aromatic rings. The predicted molar refractivity (Wildman–Crippen MR) is 63.3 cm³/mol. The summed E-state index contributed by atoms with van der Waals surface area (Å²) in [6.07, 6.45) is -0.379. The molecule has 16 heavy (non-hydrogen) atoms. The monoisotopic (exact) mass is 242 g/mol. The van der Waals surface area contributed by atoms with Crippen LogP contribution in [0.3, 0.4) is 0 Å². The first-order valence-electron chi connectivity index (χ1n) is 5.12. The van der Waals surface area contributed by atoms with Crippen LogP contribution in [0.2, 0.25) is 5.02 Å². The highest BCUT2D eigenvalue weighted by Crippen LogP contribution is 2.28. The Hall–Kier alpha value is -1.22. The second-order valence-corrected chi connectivity index (χ2v) is 4.16. The van der Waals surface area contributed by atoms with Gasteiger partial charge >= 0.3 is 5.97 Å². The van der Waals surface area contributed by atoms with Crippen LogP contribution < -0.4 is 4.74 Å². The van der Waals surface area contributed by atoms with Gasteiger partial charge < -0.3 is 9.84 Å². The normalized spacial score (nSPS) is 12.2. The van der Waals surface area contributed by atoms with Crippen molar-refractivity contribution >= 4 is 17.6 Å². The molecule has 0 unspecified atom stereocenters. The van der Waals surface area contributed by atoms with E-state index in [2.05, 4.69) is 0 Å². The van der Waals surface area contributed by atoms with Gasteiger partial charge in [0, 0.05) is 5.02 Å². The molecule has 0 fully saturated rings. The molecule has 0 aromatic heterocycles. The van der Waals surface area contributed by atoms with Crippen molar-refractivity contribution in [1.82, 2.24) is 0 Å². The lowest BCUT2D eigenvalue weighted by atomic mass is 10.1. The maximum absolute atomic E-state index is 10.9. The van der Waals surface area contributed by atoms with Crippen LogP contribution in [0.4, 0.5) is 0 Å². The van der Waals surface area contributed by atoms with Crippen LogP contribution in [0.15, 0.2) is 12.1 Å². The van der Waals surface area contributed by atoms with Gasteiger partial charge in [-0.3, -0.25) is 0 Å². The zero-order valence-electron chi connectivity index (χ0n) is 9.58. The van der Waals surface area contributed by atoms with Gasteiger partial charge in [-0.15, -0.1) is 0 Å². The number of benzene rings is 1. The van der Waals surface area contributed by atoms with E-state index < -0.39 is 12.1 Å². The summed E-state index contributed by atoms with van der Waals surface area (Å²) in [4.78, 5) is 10.9. The Kier molecular flexibility index (Phi) is 4.19. The van der Waals surface area contributed by atoms with Gasteiger partial charge in [0.15, 0.2) is 6.10 Å². The SMILES string of the molecule is CC[C@@H](Oc1c(C)cc(Cl)cc1C)C(=O)O. The molecule has 0 bridgehead atoms. The average molecular weight is 243 g/mol. The smallest absolute Gasteiger partial charge is 0.344 e. The lowest BCUT2D eigenvalue weighted by Gasteiger charge is -2.17. The molecule has 1 aromatic carbocycles. The molecular weight excluding hydrogens is 228 g/mol. The highest BCUT2D eigenvalue weighted by molar-refractivity contribution is 6.30. The summed E-state index contributed by atoms with van der Waals surface area (Å²) < 4.78 is 5.48. The minimum atomic E-state index is -0.948. The van der Waals surface area contributed by atoms with Gasteiger partial charge in [-0.25, -0.2) is 4.79 Å². The maximum Gasteiger partial charge on any atom is 0.344 e. The number of aryl methyl sites for hydroxylation is 2. The number of hydrogen-bond donors (Lipinski definition) is 1. The zero-order valence-corrected chi connectivity index (χ0v) is 10.3. The number of carboxylic acids is 1. The van der Waals surface area contributed by atoms with Crippen molar-refractivity contribution in [2.45, 2.75) is 33.3 Å². The third-order valence-electron chi connectivity index (χ3n) is 2.33. The lowest BCUT2D eigenvalue weighted by Crippen LogP contribution is -2.26. The van der Waals surface area contributed by atoms with Gasteiger partial charge in [0.1, 0.15) is 5.75 Å². The first kappa shape index (κ1) is 12.8. The van der Waals surface area contributed by atoms with Crippen molar-refractivity contribution in [2.24, 2.45) is 0 Å². The summed E-state index contributed by atoms with van der Waals surface area (Å²) in [5.41, 5.74) is 1.70. The van der Waals surface area contributed by atoms with E-state index in [9.17, 15) is 4.79 Å². The van der Waals surface area contributed by atoms with Gasteiger partial charge in [0.25, 0.3) is 0 Å². The summed E-state index contributed by atoms with van der Waals surface area (Å²) in [6, 6.07) is 3.52. The molecule has 88 valence electrons. The highest BCUT2D eigenvalue weighted by atomic mass is 35.5. The second kappa shape index (κ2) is 5.21. The van der Waals surface area contributed by atoms with E-state index in [0.717, 1.165) is 11.1 Å². The third kappa shape index (κ3) is 2.89. The molecule has 0 heterocycles. The molecule has 0 aliphatic heterocycles. The minimum absolute atomic E-state index is 0.427. The van der Waals surface area contributed by atoms with Crippen molar-refractivity contribution in [1.29, 1.82) is 0 Å². The van der Waals surface area contributed by atoms with Crippen LogP contribution in [-0.4, -0.2) is 17.2 Å². The molecule has 1 atom stereocenters. The van der Waals surface area contributed by atoms with E-state index in [-0.39, 0.29) is 0 Å². The number of carboxylic acid groups (broad SMARTS) is 1. The first-order chi connectivity index (χ1) is 7.45. The van der Waals surface area contributed by atoms with Gasteiger partial charge in [0.05, 0.1) is 0 Å². The molecule has 0 aliphatic rings. The van der Waals surface area contributed by atoms with Gasteiger partial charge in [-0.05, 0) is 43.5 Å². The number of ether oxygens (including phenoxy) is 1. The van der Waals surface area contributed by atoms with Crippen LogP contribution in [0.1, 0.15) is 24.5 Å². The summed E-state index contributed by atoms with van der Waals surface area (Å²) in [5.74, 6) is -0.338. The quantitative estimate of drug-likeness (QED) is 0.882. The first-order valence-corrected chi connectivity index (χ1v) is 5.49. The molecule has 1 rings (SSSR count). The largest absolute Gasteiger partial charge is 0.479 e. The van der Waals surface area contributed by atoms with Crippen molar-refractivity contribution in [2.75, 3.05) is 0 Å². The fraction of sp³-hybridized carbons (Fsp3) is 0.417. The Bertz CT molecular complexity index is 378. The summed E-state index contributed by atoms with van der Waals surface area (Å²) >= 11 is 5.88. The van der Waals surface area contributed by atoms with Crippen LogP contribution in [0.25, 0.3) is 0 Å². The molecule has 0 radical (unpaired) electrons. The molecule has 0 spiro atoms. The molecule has 3 nitrogen and oxygen atoms in total. The predicted octanol–water partition coefficient (Wildman–Crippen LogP) is 3.20. The van der Waals surface area contributed by atoms with Crippen molar-refractivity contribution in [3.63, 3.8) is 0 Å². The van der Waals surface area contributed by atoms with Gasteiger partial charge in [0.2, 0.25) is 0 Å². The molecule has 4 heteroatoms. The van der Waals surface area contributed by atoms with Crippen molar-refractivity contribution in [3.05, 3.63) is 28.3 Å². The van der Waals surface area contributed by atoms with E-state index in [4.69, 9.17) is 21.4 Å². The molecule has 0 saturated carbocycles.